The van der Waals surface area contributed by atoms with Crippen molar-refractivity contribution in [2.24, 2.45) is 0 Å². The molecular weight excluding hydrogens is 222 g/mol. The van der Waals surface area contributed by atoms with Crippen molar-refractivity contribution in [3.8, 4) is 0 Å². The summed E-state index contributed by atoms with van der Waals surface area (Å²) < 4.78 is 4.58. The highest BCUT2D eigenvalue weighted by atomic mass is 16.5. The Balaban J connectivity index is 2.79. The lowest BCUT2D eigenvalue weighted by Crippen LogP contribution is -2.50. The molecule has 17 heavy (non-hydrogen) atoms. The topological polar surface area (TPSA) is 94.3 Å². The molecule has 92 valence electrons. The van der Waals surface area contributed by atoms with Crippen molar-refractivity contribution in [2.45, 2.75) is 19.4 Å². The van der Waals surface area contributed by atoms with Gasteiger partial charge in [-0.25, -0.2) is 9.78 Å². The van der Waals surface area contributed by atoms with Crippen molar-refractivity contribution in [2.75, 3.05) is 12.8 Å². The predicted molar refractivity (Wildman–Crippen MR) is 62.2 cm³/mol. The first-order valence-electron chi connectivity index (χ1n) is 4.99. The molecule has 0 aliphatic rings. The van der Waals surface area contributed by atoms with E-state index in [0.717, 1.165) is 0 Å². The van der Waals surface area contributed by atoms with Crippen molar-refractivity contribution in [3.63, 3.8) is 0 Å². The summed E-state index contributed by atoms with van der Waals surface area (Å²) in [5.41, 5.74) is 5.01. The van der Waals surface area contributed by atoms with Crippen LogP contribution in [0.15, 0.2) is 18.3 Å². The van der Waals surface area contributed by atoms with Crippen molar-refractivity contribution in [1.29, 1.82) is 0 Å². The Hall–Kier alpha value is -2.11. The van der Waals surface area contributed by atoms with Crippen LogP contribution in [-0.4, -0.2) is 29.5 Å². The summed E-state index contributed by atoms with van der Waals surface area (Å²) in [4.78, 5) is 27.0. The number of rotatable bonds is 3. The minimum Gasteiger partial charge on any atom is -0.467 e. The van der Waals surface area contributed by atoms with Gasteiger partial charge in [0.05, 0.1) is 19.0 Å². The summed E-state index contributed by atoms with van der Waals surface area (Å²) in [6.45, 7) is 3.10. The van der Waals surface area contributed by atoms with Crippen LogP contribution in [-0.2, 0) is 9.53 Å². The molecule has 0 spiro atoms. The molecule has 0 aliphatic heterocycles. The summed E-state index contributed by atoms with van der Waals surface area (Å²) >= 11 is 0. The van der Waals surface area contributed by atoms with Gasteiger partial charge in [-0.1, -0.05) is 0 Å². The van der Waals surface area contributed by atoms with Crippen LogP contribution in [0.4, 0.5) is 5.69 Å². The Morgan fingerprint density at radius 3 is 2.53 bits per heavy atom. The fourth-order valence-electron chi connectivity index (χ4n) is 1.19. The van der Waals surface area contributed by atoms with Gasteiger partial charge in [0, 0.05) is 0 Å². The van der Waals surface area contributed by atoms with Crippen molar-refractivity contribution in [1.82, 2.24) is 10.3 Å². The van der Waals surface area contributed by atoms with E-state index in [2.05, 4.69) is 15.0 Å². The Kier molecular flexibility index (Phi) is 3.67. The van der Waals surface area contributed by atoms with Gasteiger partial charge < -0.3 is 15.8 Å². The number of hydrogen-bond acceptors (Lipinski definition) is 5. The molecule has 1 aromatic rings. The van der Waals surface area contributed by atoms with E-state index in [0.29, 0.717) is 5.69 Å². The van der Waals surface area contributed by atoms with Gasteiger partial charge in [-0.15, -0.1) is 0 Å². The maximum atomic E-state index is 11.8. The predicted octanol–water partition coefficient (Wildman–Crippen LogP) is 0.345. The fraction of sp³-hybridized carbons (Fsp3) is 0.364. The zero-order chi connectivity index (χ0) is 13.1. The first-order chi connectivity index (χ1) is 7.86. The van der Waals surface area contributed by atoms with Crippen LogP contribution < -0.4 is 11.1 Å². The number of carbonyl (C=O) groups excluding carboxylic acids is 2. The average Bonchev–Trinajstić information content (AvgIpc) is 2.28. The Labute approximate surface area is 99.2 Å². The maximum Gasteiger partial charge on any atom is 0.330 e. The second-order valence-electron chi connectivity index (χ2n) is 4.05. The highest BCUT2D eigenvalue weighted by Gasteiger charge is 2.31. The number of nitrogens with one attached hydrogen (secondary N) is 1. The van der Waals surface area contributed by atoms with Crippen molar-refractivity contribution in [3.05, 3.63) is 24.0 Å². The van der Waals surface area contributed by atoms with Gasteiger partial charge in [-0.3, -0.25) is 4.79 Å². The number of hydrogen-bond donors (Lipinski definition) is 2. The van der Waals surface area contributed by atoms with Gasteiger partial charge in [0.15, 0.2) is 0 Å². The Morgan fingerprint density at radius 2 is 2.06 bits per heavy atom. The van der Waals surface area contributed by atoms with Gasteiger partial charge >= 0.3 is 5.97 Å². The number of pyridine rings is 1. The van der Waals surface area contributed by atoms with E-state index in [-0.39, 0.29) is 5.69 Å². The van der Waals surface area contributed by atoms with Gasteiger partial charge in [-0.2, -0.15) is 0 Å². The molecule has 6 nitrogen and oxygen atoms in total. The molecule has 0 unspecified atom stereocenters. The zero-order valence-corrected chi connectivity index (χ0v) is 9.98. The molecule has 3 N–H and O–H groups in total. The second-order valence-corrected chi connectivity index (χ2v) is 4.05. The Bertz CT molecular complexity index is 426. The van der Waals surface area contributed by atoms with E-state index in [1.54, 1.807) is 19.9 Å². The molecule has 0 fully saturated rings. The summed E-state index contributed by atoms with van der Waals surface area (Å²) in [7, 11) is 1.26. The zero-order valence-electron chi connectivity index (χ0n) is 9.98. The van der Waals surface area contributed by atoms with Crippen molar-refractivity contribution < 1.29 is 14.3 Å². The standard InChI is InChI=1S/C11H15N3O3/c1-11(2,10(16)17-3)14-9(15)8-5-4-7(12)6-13-8/h4-6H,12H2,1-3H3,(H,14,15). The van der Waals surface area contributed by atoms with Gasteiger partial charge in [-0.05, 0) is 26.0 Å². The molecule has 0 radical (unpaired) electrons. The van der Waals surface area contributed by atoms with Crippen LogP contribution in [0, 0.1) is 0 Å². The van der Waals surface area contributed by atoms with Crippen LogP contribution in [0.5, 0.6) is 0 Å². The van der Waals surface area contributed by atoms with Crippen LogP contribution in [0.2, 0.25) is 0 Å². The van der Waals surface area contributed by atoms with E-state index in [1.165, 1.54) is 19.4 Å². The quantitative estimate of drug-likeness (QED) is 0.739. The number of nitrogens with two attached hydrogens (primary N) is 1. The van der Waals surface area contributed by atoms with E-state index in [4.69, 9.17) is 5.73 Å². The molecule has 0 saturated heterocycles. The van der Waals surface area contributed by atoms with Crippen LogP contribution in [0.25, 0.3) is 0 Å². The number of nitrogens with zero attached hydrogens (tertiary/aromatic N) is 1. The molecule has 6 heteroatoms. The van der Waals surface area contributed by atoms with Crippen LogP contribution in [0.3, 0.4) is 0 Å². The third-order valence-electron chi connectivity index (χ3n) is 2.14. The molecule has 0 aliphatic carbocycles. The molecule has 0 saturated carbocycles. The molecule has 1 amide bonds. The van der Waals surface area contributed by atoms with Crippen molar-refractivity contribution >= 4 is 17.6 Å². The number of aromatic nitrogens is 1. The minimum atomic E-state index is -1.10. The number of esters is 1. The SMILES string of the molecule is COC(=O)C(C)(C)NC(=O)c1ccc(N)cn1. The summed E-state index contributed by atoms with van der Waals surface area (Å²) in [5, 5.41) is 2.53. The van der Waals surface area contributed by atoms with Gasteiger partial charge in [0.25, 0.3) is 5.91 Å². The molecule has 0 bridgehead atoms. The minimum absolute atomic E-state index is 0.191. The normalized spacial score (nSPS) is 10.8. The first-order valence-corrected chi connectivity index (χ1v) is 4.99. The van der Waals surface area contributed by atoms with Gasteiger partial charge in [0.2, 0.25) is 0 Å². The number of carbonyl (C=O) groups is 2. The first kappa shape index (κ1) is 13.0. The fourth-order valence-corrected chi connectivity index (χ4v) is 1.19. The lowest BCUT2D eigenvalue weighted by Gasteiger charge is -2.22. The lowest BCUT2D eigenvalue weighted by molar-refractivity contribution is -0.146. The summed E-state index contributed by atoms with van der Waals surface area (Å²) in [6, 6.07) is 3.05. The summed E-state index contributed by atoms with van der Waals surface area (Å²) in [6.07, 6.45) is 1.38. The Morgan fingerprint density at radius 1 is 1.41 bits per heavy atom. The largest absolute Gasteiger partial charge is 0.467 e. The van der Waals surface area contributed by atoms with E-state index < -0.39 is 17.4 Å². The van der Waals surface area contributed by atoms with Crippen LogP contribution in [0.1, 0.15) is 24.3 Å². The molecule has 0 atom stereocenters. The molecular formula is C11H15N3O3. The maximum absolute atomic E-state index is 11.8. The van der Waals surface area contributed by atoms with Gasteiger partial charge in [0.1, 0.15) is 11.2 Å². The van der Waals surface area contributed by atoms with E-state index >= 15 is 0 Å². The van der Waals surface area contributed by atoms with E-state index in [9.17, 15) is 9.59 Å². The molecule has 1 rings (SSSR count). The number of anilines is 1. The highest BCUT2D eigenvalue weighted by Crippen LogP contribution is 2.07. The molecule has 0 aromatic carbocycles. The summed E-state index contributed by atoms with van der Waals surface area (Å²) in [5.74, 6) is -0.985. The second kappa shape index (κ2) is 4.82. The monoisotopic (exact) mass is 237 g/mol. The highest BCUT2D eigenvalue weighted by molar-refractivity contribution is 5.96. The number of nitrogen functional groups attached to an aromatic ring is 1. The molecule has 1 heterocycles. The molecule has 1 aromatic heterocycles. The number of ether oxygens (including phenoxy) is 1. The average molecular weight is 237 g/mol. The number of amides is 1. The number of methoxy groups -OCH3 is 1. The third-order valence-corrected chi connectivity index (χ3v) is 2.14. The van der Waals surface area contributed by atoms with E-state index in [1.807, 2.05) is 0 Å². The van der Waals surface area contributed by atoms with Crippen LogP contribution >= 0.6 is 0 Å². The smallest absolute Gasteiger partial charge is 0.330 e. The third kappa shape index (κ3) is 3.17. The lowest BCUT2D eigenvalue weighted by atomic mass is 10.1.